The molecule has 2 aromatic rings. The van der Waals surface area contributed by atoms with Gasteiger partial charge >= 0.3 is 5.97 Å². The van der Waals surface area contributed by atoms with Gasteiger partial charge in [-0.05, 0) is 30.3 Å². The predicted molar refractivity (Wildman–Crippen MR) is 75.9 cm³/mol. The number of nitrogens with one attached hydrogen (secondary N) is 1. The number of benzene rings is 1. The molecule has 21 heavy (non-hydrogen) atoms. The second-order valence-corrected chi connectivity index (χ2v) is 4.02. The van der Waals surface area contributed by atoms with E-state index in [0.29, 0.717) is 17.2 Å². The van der Waals surface area contributed by atoms with Gasteiger partial charge in [0.05, 0.1) is 12.0 Å². The largest absolute Gasteiger partial charge is 0.480 e. The summed E-state index contributed by atoms with van der Waals surface area (Å²) in [6.07, 6.45) is 4.34. The van der Waals surface area contributed by atoms with Crippen molar-refractivity contribution in [3.05, 3.63) is 54.5 Å². The van der Waals surface area contributed by atoms with Crippen LogP contribution in [0.1, 0.15) is 5.76 Å². The van der Waals surface area contributed by atoms with E-state index in [4.69, 9.17) is 14.3 Å². The summed E-state index contributed by atoms with van der Waals surface area (Å²) in [5.41, 5.74) is 0.396. The lowest BCUT2D eigenvalue weighted by Crippen LogP contribution is -2.13. The molecule has 1 aromatic carbocycles. The number of anilines is 1. The molecule has 0 aliphatic heterocycles. The molecule has 0 aliphatic rings. The molecule has 0 saturated carbocycles. The summed E-state index contributed by atoms with van der Waals surface area (Å²) in [6, 6.07) is 10.0. The van der Waals surface area contributed by atoms with Crippen molar-refractivity contribution >= 4 is 23.6 Å². The maximum Gasteiger partial charge on any atom is 0.341 e. The maximum absolute atomic E-state index is 11.8. The molecule has 0 aliphatic carbocycles. The molecule has 0 atom stereocenters. The number of hydrogen-bond donors (Lipinski definition) is 2. The first-order chi connectivity index (χ1) is 10.1. The van der Waals surface area contributed by atoms with Gasteiger partial charge in [0.1, 0.15) is 11.5 Å². The van der Waals surface area contributed by atoms with E-state index in [-0.39, 0.29) is 5.91 Å². The molecular formula is C15H13NO5. The Kier molecular flexibility index (Phi) is 4.76. The van der Waals surface area contributed by atoms with Crippen LogP contribution in [0.2, 0.25) is 0 Å². The third-order valence-electron chi connectivity index (χ3n) is 2.44. The van der Waals surface area contributed by atoms with Crippen molar-refractivity contribution in [2.75, 3.05) is 11.9 Å². The van der Waals surface area contributed by atoms with Crippen molar-refractivity contribution in [3.63, 3.8) is 0 Å². The fraction of sp³-hybridized carbons (Fsp3) is 0.0667. The zero-order valence-corrected chi connectivity index (χ0v) is 11.0. The first kappa shape index (κ1) is 14.4. The third-order valence-corrected chi connectivity index (χ3v) is 2.44. The molecule has 6 nitrogen and oxygen atoms in total. The van der Waals surface area contributed by atoms with E-state index >= 15 is 0 Å². The number of carboxylic acid groups (broad SMARTS) is 1. The first-order valence-electron chi connectivity index (χ1n) is 6.11. The van der Waals surface area contributed by atoms with Gasteiger partial charge in [-0.1, -0.05) is 12.1 Å². The summed E-state index contributed by atoms with van der Waals surface area (Å²) in [6.45, 7) is -0.477. The highest BCUT2D eigenvalue weighted by atomic mass is 16.5. The molecule has 0 saturated heterocycles. The van der Waals surface area contributed by atoms with Crippen LogP contribution in [0.3, 0.4) is 0 Å². The molecule has 2 rings (SSSR count). The van der Waals surface area contributed by atoms with Gasteiger partial charge in [-0.25, -0.2) is 4.79 Å². The van der Waals surface area contributed by atoms with Gasteiger partial charge in [-0.3, -0.25) is 4.79 Å². The zero-order chi connectivity index (χ0) is 15.1. The van der Waals surface area contributed by atoms with E-state index in [2.05, 4.69) is 5.32 Å². The summed E-state index contributed by atoms with van der Waals surface area (Å²) in [4.78, 5) is 22.3. The van der Waals surface area contributed by atoms with Crippen molar-refractivity contribution in [1.29, 1.82) is 0 Å². The second kappa shape index (κ2) is 6.95. The number of hydrogen-bond acceptors (Lipinski definition) is 4. The maximum atomic E-state index is 11.8. The van der Waals surface area contributed by atoms with Crippen molar-refractivity contribution < 1.29 is 23.8 Å². The number of amides is 1. The summed E-state index contributed by atoms with van der Waals surface area (Å²) in [5, 5.41) is 11.2. The average molecular weight is 287 g/mol. The van der Waals surface area contributed by atoms with Gasteiger partial charge in [0.2, 0.25) is 5.91 Å². The third kappa shape index (κ3) is 4.54. The van der Waals surface area contributed by atoms with E-state index in [1.807, 2.05) is 0 Å². The average Bonchev–Trinajstić information content (AvgIpc) is 2.97. The normalized spacial score (nSPS) is 10.5. The number of carbonyl (C=O) groups is 2. The van der Waals surface area contributed by atoms with Crippen molar-refractivity contribution in [2.45, 2.75) is 0 Å². The minimum absolute atomic E-state index is 0.291. The monoisotopic (exact) mass is 287 g/mol. The Hall–Kier alpha value is -3.02. The van der Waals surface area contributed by atoms with Crippen LogP contribution in [0.4, 0.5) is 5.69 Å². The summed E-state index contributed by atoms with van der Waals surface area (Å²) >= 11 is 0. The number of rotatable bonds is 6. The van der Waals surface area contributed by atoms with E-state index < -0.39 is 12.6 Å². The number of ether oxygens (including phenoxy) is 1. The molecule has 2 N–H and O–H groups in total. The van der Waals surface area contributed by atoms with E-state index in [9.17, 15) is 9.59 Å². The predicted octanol–water partition coefficient (Wildman–Crippen LogP) is 2.39. The van der Waals surface area contributed by atoms with Crippen LogP contribution in [0.25, 0.3) is 6.08 Å². The number of carboxylic acids is 1. The molecule has 0 unspecified atom stereocenters. The van der Waals surface area contributed by atoms with E-state index in [0.717, 1.165) is 0 Å². The minimum Gasteiger partial charge on any atom is -0.480 e. The minimum atomic E-state index is -1.09. The van der Waals surface area contributed by atoms with Crippen LogP contribution in [-0.4, -0.2) is 23.6 Å². The molecule has 0 radical (unpaired) electrons. The zero-order valence-electron chi connectivity index (χ0n) is 11.0. The van der Waals surface area contributed by atoms with Crippen LogP contribution in [0, 0.1) is 0 Å². The molecule has 1 amide bonds. The molecule has 6 heteroatoms. The van der Waals surface area contributed by atoms with Gasteiger partial charge in [0.15, 0.2) is 6.61 Å². The fourth-order valence-corrected chi connectivity index (χ4v) is 1.55. The highest BCUT2D eigenvalue weighted by Crippen LogP contribution is 2.23. The van der Waals surface area contributed by atoms with Crippen LogP contribution >= 0.6 is 0 Å². The van der Waals surface area contributed by atoms with Crippen molar-refractivity contribution in [3.8, 4) is 5.75 Å². The van der Waals surface area contributed by atoms with E-state index in [1.54, 1.807) is 36.4 Å². The van der Waals surface area contributed by atoms with Gasteiger partial charge in [-0.2, -0.15) is 0 Å². The molecule has 0 fully saturated rings. The number of para-hydroxylation sites is 2. The molecule has 1 heterocycles. The second-order valence-electron chi connectivity index (χ2n) is 4.02. The molecule has 0 spiro atoms. The Labute approximate surface area is 120 Å². The summed E-state index contributed by atoms with van der Waals surface area (Å²) in [7, 11) is 0. The highest BCUT2D eigenvalue weighted by Gasteiger charge is 2.07. The Morgan fingerprint density at radius 1 is 1.24 bits per heavy atom. The number of carbonyl (C=O) groups excluding carboxylic acids is 1. The quantitative estimate of drug-likeness (QED) is 0.796. The standard InChI is InChI=1S/C15H13NO5/c17-14(8-7-11-4-3-9-20-11)16-12-5-1-2-6-13(12)21-10-15(18)19/h1-9H,10H2,(H,16,17)(H,18,19). The van der Waals surface area contributed by atoms with Gasteiger partial charge in [0.25, 0.3) is 0 Å². The van der Waals surface area contributed by atoms with Gasteiger partial charge < -0.3 is 19.6 Å². The van der Waals surface area contributed by atoms with Crippen LogP contribution in [0.5, 0.6) is 5.75 Å². The van der Waals surface area contributed by atoms with Crippen LogP contribution < -0.4 is 10.1 Å². The lowest BCUT2D eigenvalue weighted by atomic mass is 10.3. The molecular weight excluding hydrogens is 274 g/mol. The molecule has 108 valence electrons. The molecule has 1 aromatic heterocycles. The topological polar surface area (TPSA) is 88.8 Å². The fourth-order valence-electron chi connectivity index (χ4n) is 1.55. The number of furan rings is 1. The SMILES string of the molecule is O=C(O)COc1ccccc1NC(=O)C=Cc1ccco1. The van der Waals surface area contributed by atoms with E-state index in [1.165, 1.54) is 18.4 Å². The Bertz CT molecular complexity index is 646. The van der Waals surface area contributed by atoms with Crippen LogP contribution in [0.15, 0.2) is 53.2 Å². The Morgan fingerprint density at radius 3 is 2.76 bits per heavy atom. The van der Waals surface area contributed by atoms with Gasteiger partial charge in [-0.15, -0.1) is 0 Å². The number of aliphatic carboxylic acids is 1. The molecule has 0 bridgehead atoms. The van der Waals surface area contributed by atoms with Gasteiger partial charge in [0, 0.05) is 6.08 Å². The lowest BCUT2D eigenvalue weighted by Gasteiger charge is -2.09. The first-order valence-corrected chi connectivity index (χ1v) is 6.11. The Morgan fingerprint density at radius 2 is 2.05 bits per heavy atom. The summed E-state index contributed by atoms with van der Waals surface area (Å²) < 4.78 is 10.2. The smallest absolute Gasteiger partial charge is 0.341 e. The van der Waals surface area contributed by atoms with Crippen LogP contribution in [-0.2, 0) is 9.59 Å². The Balaban J connectivity index is 2.01. The lowest BCUT2D eigenvalue weighted by molar-refractivity contribution is -0.139. The summed E-state index contributed by atoms with van der Waals surface area (Å²) in [5.74, 6) is -0.619. The van der Waals surface area contributed by atoms with Crippen molar-refractivity contribution in [1.82, 2.24) is 0 Å². The van der Waals surface area contributed by atoms with Crippen molar-refractivity contribution in [2.24, 2.45) is 0 Å². The highest BCUT2D eigenvalue weighted by molar-refractivity contribution is 6.02.